The summed E-state index contributed by atoms with van der Waals surface area (Å²) in [5.74, 6) is 1.84. The molecule has 0 aliphatic rings. The zero-order valence-electron chi connectivity index (χ0n) is 12.2. The molecule has 0 saturated heterocycles. The maximum atomic E-state index is 5.82. The predicted molar refractivity (Wildman–Crippen MR) is 77.9 cm³/mol. The van der Waals surface area contributed by atoms with Crippen molar-refractivity contribution in [2.45, 2.75) is 32.9 Å². The molecule has 0 aliphatic heterocycles. The van der Waals surface area contributed by atoms with E-state index in [4.69, 9.17) is 15.2 Å². The molecule has 0 aliphatic carbocycles. The van der Waals surface area contributed by atoms with Crippen LogP contribution in [0.3, 0.4) is 0 Å². The molecule has 1 rings (SSSR count). The van der Waals surface area contributed by atoms with Crippen molar-refractivity contribution in [2.75, 3.05) is 14.2 Å². The van der Waals surface area contributed by atoms with Crippen LogP contribution in [-0.4, -0.2) is 26.2 Å². The van der Waals surface area contributed by atoms with Gasteiger partial charge in [-0.05, 0) is 38.5 Å². The molecule has 0 saturated carbocycles. The Balaban J connectivity index is 2.91. The van der Waals surface area contributed by atoms with Gasteiger partial charge < -0.3 is 20.5 Å². The number of ether oxygens (including phenoxy) is 2. The van der Waals surface area contributed by atoms with Crippen LogP contribution in [0.5, 0.6) is 11.5 Å². The molecule has 106 valence electrons. The third kappa shape index (κ3) is 4.35. The predicted octanol–water partition coefficient (Wildman–Crippen LogP) is 2.08. The molecule has 5 nitrogen and oxygen atoms in total. The van der Waals surface area contributed by atoms with Gasteiger partial charge in [0.15, 0.2) is 17.5 Å². The summed E-state index contributed by atoms with van der Waals surface area (Å²) in [6, 6.07) is 5.95. The molecule has 0 aromatic heterocycles. The third-order valence-corrected chi connectivity index (χ3v) is 2.66. The van der Waals surface area contributed by atoms with E-state index in [1.54, 1.807) is 14.2 Å². The van der Waals surface area contributed by atoms with Crippen LogP contribution in [0.2, 0.25) is 0 Å². The van der Waals surface area contributed by atoms with Gasteiger partial charge in [0.1, 0.15) is 0 Å². The van der Waals surface area contributed by atoms with Gasteiger partial charge in [-0.1, -0.05) is 6.07 Å². The molecular weight excluding hydrogens is 242 g/mol. The normalized spacial score (nSPS) is 13.3. The molecule has 0 radical (unpaired) electrons. The summed E-state index contributed by atoms with van der Waals surface area (Å²) < 4.78 is 10.5. The summed E-state index contributed by atoms with van der Waals surface area (Å²) in [7, 11) is 3.23. The summed E-state index contributed by atoms with van der Waals surface area (Å²) in [4.78, 5) is 4.41. The van der Waals surface area contributed by atoms with Gasteiger partial charge in [-0.15, -0.1) is 0 Å². The highest BCUT2D eigenvalue weighted by molar-refractivity contribution is 5.78. The van der Waals surface area contributed by atoms with Crippen LogP contribution in [0.4, 0.5) is 0 Å². The first-order valence-electron chi connectivity index (χ1n) is 6.29. The molecule has 1 unspecified atom stereocenters. The lowest BCUT2D eigenvalue weighted by Crippen LogP contribution is -2.36. The fraction of sp³-hybridized carbons (Fsp3) is 0.500. The van der Waals surface area contributed by atoms with Gasteiger partial charge in [0.05, 0.1) is 20.3 Å². The number of aliphatic imine (C=N–C) groups is 1. The van der Waals surface area contributed by atoms with Crippen molar-refractivity contribution in [1.82, 2.24) is 5.32 Å². The second-order valence-corrected chi connectivity index (χ2v) is 4.60. The van der Waals surface area contributed by atoms with E-state index in [9.17, 15) is 0 Å². The largest absolute Gasteiger partial charge is 0.493 e. The van der Waals surface area contributed by atoms with E-state index < -0.39 is 0 Å². The zero-order chi connectivity index (χ0) is 14.4. The number of nitrogens with one attached hydrogen (secondary N) is 1. The SMILES string of the molecule is COc1ccc(C(C)N=C(N)NC(C)C)cc1OC. The Hall–Kier alpha value is -1.91. The summed E-state index contributed by atoms with van der Waals surface area (Å²) >= 11 is 0. The molecule has 0 fully saturated rings. The quantitative estimate of drug-likeness (QED) is 0.631. The van der Waals surface area contributed by atoms with E-state index in [1.807, 2.05) is 39.0 Å². The van der Waals surface area contributed by atoms with E-state index in [1.165, 1.54) is 0 Å². The van der Waals surface area contributed by atoms with Crippen LogP contribution in [0.25, 0.3) is 0 Å². The molecule has 1 aromatic rings. The van der Waals surface area contributed by atoms with Crippen LogP contribution in [0.15, 0.2) is 23.2 Å². The van der Waals surface area contributed by atoms with Crippen LogP contribution in [-0.2, 0) is 0 Å². The monoisotopic (exact) mass is 265 g/mol. The first-order valence-corrected chi connectivity index (χ1v) is 6.29. The van der Waals surface area contributed by atoms with Crippen molar-refractivity contribution >= 4 is 5.96 Å². The number of hydrogen-bond donors (Lipinski definition) is 2. The van der Waals surface area contributed by atoms with E-state index >= 15 is 0 Å². The molecule has 1 atom stereocenters. The molecule has 0 heterocycles. The van der Waals surface area contributed by atoms with Crippen molar-refractivity contribution in [3.8, 4) is 11.5 Å². The van der Waals surface area contributed by atoms with Crippen LogP contribution < -0.4 is 20.5 Å². The fourth-order valence-corrected chi connectivity index (χ4v) is 1.73. The molecule has 0 spiro atoms. The number of methoxy groups -OCH3 is 2. The average molecular weight is 265 g/mol. The van der Waals surface area contributed by atoms with E-state index in [2.05, 4.69) is 10.3 Å². The van der Waals surface area contributed by atoms with Gasteiger partial charge in [-0.3, -0.25) is 0 Å². The van der Waals surface area contributed by atoms with Crippen LogP contribution in [0, 0.1) is 0 Å². The van der Waals surface area contributed by atoms with E-state index in [0.29, 0.717) is 17.5 Å². The molecule has 3 N–H and O–H groups in total. The first kappa shape index (κ1) is 15.1. The number of hydrogen-bond acceptors (Lipinski definition) is 3. The van der Waals surface area contributed by atoms with Gasteiger partial charge in [-0.2, -0.15) is 0 Å². The minimum Gasteiger partial charge on any atom is -0.493 e. The van der Waals surface area contributed by atoms with Crippen molar-refractivity contribution < 1.29 is 9.47 Å². The Morgan fingerprint density at radius 1 is 1.16 bits per heavy atom. The van der Waals surface area contributed by atoms with E-state index in [0.717, 1.165) is 5.56 Å². The van der Waals surface area contributed by atoms with Crippen molar-refractivity contribution in [3.63, 3.8) is 0 Å². The highest BCUT2D eigenvalue weighted by Gasteiger charge is 2.10. The second kappa shape index (κ2) is 6.87. The molecular formula is C14H23N3O2. The Bertz CT molecular complexity index is 444. The third-order valence-electron chi connectivity index (χ3n) is 2.66. The maximum absolute atomic E-state index is 5.82. The van der Waals surface area contributed by atoms with Gasteiger partial charge in [0.2, 0.25) is 0 Å². The van der Waals surface area contributed by atoms with Crippen LogP contribution in [0.1, 0.15) is 32.4 Å². The lowest BCUT2D eigenvalue weighted by molar-refractivity contribution is 0.354. The molecule has 0 bridgehead atoms. The lowest BCUT2D eigenvalue weighted by Gasteiger charge is -2.14. The summed E-state index contributed by atoms with van der Waals surface area (Å²) in [5, 5.41) is 3.07. The zero-order valence-corrected chi connectivity index (χ0v) is 12.2. The summed E-state index contributed by atoms with van der Waals surface area (Å²) in [5.41, 5.74) is 6.84. The number of nitrogens with zero attached hydrogens (tertiary/aromatic N) is 1. The topological polar surface area (TPSA) is 68.9 Å². The highest BCUT2D eigenvalue weighted by Crippen LogP contribution is 2.30. The maximum Gasteiger partial charge on any atom is 0.189 e. The Morgan fingerprint density at radius 2 is 1.79 bits per heavy atom. The number of benzene rings is 1. The number of nitrogens with two attached hydrogens (primary N) is 1. The van der Waals surface area contributed by atoms with Crippen molar-refractivity contribution in [1.29, 1.82) is 0 Å². The standard InChI is InChI=1S/C14H23N3O2/c1-9(2)16-14(15)17-10(3)11-6-7-12(18-4)13(8-11)19-5/h6-10H,1-5H3,(H3,15,16,17). The van der Waals surface area contributed by atoms with Crippen LogP contribution >= 0.6 is 0 Å². The lowest BCUT2D eigenvalue weighted by atomic mass is 10.1. The van der Waals surface area contributed by atoms with Crippen molar-refractivity contribution in [2.24, 2.45) is 10.7 Å². The van der Waals surface area contributed by atoms with E-state index in [-0.39, 0.29) is 12.1 Å². The Kier molecular flexibility index (Phi) is 5.48. The number of guanidine groups is 1. The minimum absolute atomic E-state index is 0.0499. The second-order valence-electron chi connectivity index (χ2n) is 4.60. The number of rotatable bonds is 5. The van der Waals surface area contributed by atoms with Gasteiger partial charge in [0.25, 0.3) is 0 Å². The molecule has 5 heteroatoms. The molecule has 0 amide bonds. The highest BCUT2D eigenvalue weighted by atomic mass is 16.5. The summed E-state index contributed by atoms with van der Waals surface area (Å²) in [6.45, 7) is 6.02. The molecule has 1 aromatic carbocycles. The average Bonchev–Trinajstić information content (AvgIpc) is 2.36. The Morgan fingerprint density at radius 3 is 2.32 bits per heavy atom. The fourth-order valence-electron chi connectivity index (χ4n) is 1.73. The van der Waals surface area contributed by atoms with Gasteiger partial charge in [0, 0.05) is 6.04 Å². The Labute approximate surface area is 114 Å². The smallest absolute Gasteiger partial charge is 0.189 e. The molecule has 19 heavy (non-hydrogen) atoms. The minimum atomic E-state index is -0.0499. The van der Waals surface area contributed by atoms with Crippen molar-refractivity contribution in [3.05, 3.63) is 23.8 Å². The van der Waals surface area contributed by atoms with Gasteiger partial charge in [-0.25, -0.2) is 4.99 Å². The summed E-state index contributed by atoms with van der Waals surface area (Å²) in [6.07, 6.45) is 0. The van der Waals surface area contributed by atoms with Gasteiger partial charge >= 0.3 is 0 Å². The first-order chi connectivity index (χ1) is 8.97.